The van der Waals surface area contributed by atoms with Crippen molar-refractivity contribution in [3.8, 4) is 11.3 Å². The molecule has 25 heavy (non-hydrogen) atoms. The van der Waals surface area contributed by atoms with Gasteiger partial charge in [-0.3, -0.25) is 14.7 Å². The average molecular weight is 337 g/mol. The largest absolute Gasteiger partial charge is 0.481 e. The Kier molecular flexibility index (Phi) is 3.21. The van der Waals surface area contributed by atoms with Crippen LogP contribution in [0.15, 0.2) is 35.3 Å². The van der Waals surface area contributed by atoms with E-state index in [1.807, 2.05) is 42.1 Å². The van der Waals surface area contributed by atoms with Crippen LogP contribution in [0.3, 0.4) is 0 Å². The fourth-order valence-electron chi connectivity index (χ4n) is 3.15. The van der Waals surface area contributed by atoms with Crippen LogP contribution in [0.25, 0.3) is 27.8 Å². The molecule has 0 aliphatic carbocycles. The Balaban J connectivity index is 1.99. The second-order valence-corrected chi connectivity index (χ2v) is 5.97. The van der Waals surface area contributed by atoms with Crippen molar-refractivity contribution >= 4 is 22.5 Å². The summed E-state index contributed by atoms with van der Waals surface area (Å²) in [5.41, 5.74) is 2.83. The van der Waals surface area contributed by atoms with E-state index in [4.69, 9.17) is 5.11 Å². The molecule has 4 aromatic rings. The predicted molar refractivity (Wildman–Crippen MR) is 91.6 cm³/mol. The third-order valence-electron chi connectivity index (χ3n) is 4.34. The van der Waals surface area contributed by atoms with E-state index in [-0.39, 0.29) is 23.3 Å². The molecule has 126 valence electrons. The van der Waals surface area contributed by atoms with Gasteiger partial charge in [0.2, 0.25) is 0 Å². The van der Waals surface area contributed by atoms with Crippen LogP contribution in [-0.4, -0.2) is 35.5 Å². The topological polar surface area (TPSA) is 105 Å². The number of aromatic nitrogens is 5. The van der Waals surface area contributed by atoms with Crippen LogP contribution in [-0.2, 0) is 18.3 Å². The summed E-state index contributed by atoms with van der Waals surface area (Å²) in [5, 5.41) is 21.1. The summed E-state index contributed by atoms with van der Waals surface area (Å²) < 4.78 is 3.19. The van der Waals surface area contributed by atoms with Gasteiger partial charge in [0, 0.05) is 41.0 Å². The van der Waals surface area contributed by atoms with Crippen molar-refractivity contribution in [2.75, 3.05) is 0 Å². The van der Waals surface area contributed by atoms with Gasteiger partial charge in [0.05, 0.1) is 6.42 Å². The lowest BCUT2D eigenvalue weighted by Gasteiger charge is -1.99. The van der Waals surface area contributed by atoms with Crippen molar-refractivity contribution in [3.05, 3.63) is 52.1 Å². The first-order valence-corrected chi connectivity index (χ1v) is 7.70. The number of H-pyrrole nitrogens is 1. The molecule has 0 spiro atoms. The first-order chi connectivity index (χ1) is 12.0. The summed E-state index contributed by atoms with van der Waals surface area (Å²) in [6, 6.07) is 7.72. The molecule has 0 saturated heterocycles. The standard InChI is InChI=1S/C17H15N5O3/c1-9-11(7-14(23)24)16-19-18-15(17(25)22(16)20-9)12-8-21(2)13-6-4-3-5-10(12)13/h3-6,8,20H,7H2,1-2H3,(H,23,24). The molecule has 8 nitrogen and oxygen atoms in total. The maximum Gasteiger partial charge on any atom is 0.308 e. The Morgan fingerprint density at radius 3 is 2.80 bits per heavy atom. The van der Waals surface area contributed by atoms with Gasteiger partial charge < -0.3 is 9.67 Å². The highest BCUT2D eigenvalue weighted by Gasteiger charge is 2.19. The number of fused-ring (bicyclic) bond motifs is 2. The van der Waals surface area contributed by atoms with Gasteiger partial charge in [0.15, 0.2) is 11.3 Å². The Morgan fingerprint density at radius 2 is 2.04 bits per heavy atom. The minimum atomic E-state index is -0.989. The van der Waals surface area contributed by atoms with Gasteiger partial charge in [-0.1, -0.05) is 18.2 Å². The number of hydrogen-bond donors (Lipinski definition) is 2. The summed E-state index contributed by atoms with van der Waals surface area (Å²) in [7, 11) is 1.90. The molecule has 0 bridgehead atoms. The van der Waals surface area contributed by atoms with Crippen molar-refractivity contribution in [1.29, 1.82) is 0 Å². The normalized spacial score (nSPS) is 11.4. The molecule has 2 N–H and O–H groups in total. The summed E-state index contributed by atoms with van der Waals surface area (Å²) in [6.45, 7) is 1.71. The molecular formula is C17H15N5O3. The van der Waals surface area contributed by atoms with Crippen molar-refractivity contribution in [2.45, 2.75) is 13.3 Å². The van der Waals surface area contributed by atoms with Gasteiger partial charge >= 0.3 is 5.97 Å². The third-order valence-corrected chi connectivity index (χ3v) is 4.34. The van der Waals surface area contributed by atoms with Crippen LogP contribution < -0.4 is 5.56 Å². The number of carbonyl (C=O) groups is 1. The van der Waals surface area contributed by atoms with E-state index in [1.54, 1.807) is 6.92 Å². The van der Waals surface area contributed by atoms with Crippen LogP contribution in [0, 0.1) is 6.92 Å². The second-order valence-electron chi connectivity index (χ2n) is 5.97. The number of para-hydroxylation sites is 1. The maximum atomic E-state index is 12.9. The number of aromatic amines is 1. The van der Waals surface area contributed by atoms with Gasteiger partial charge in [0.25, 0.3) is 5.56 Å². The zero-order valence-corrected chi connectivity index (χ0v) is 13.6. The average Bonchev–Trinajstić information content (AvgIpc) is 3.07. The molecule has 8 heteroatoms. The zero-order valence-electron chi connectivity index (χ0n) is 13.6. The fourth-order valence-corrected chi connectivity index (χ4v) is 3.15. The number of aryl methyl sites for hydroxylation is 2. The highest BCUT2D eigenvalue weighted by molar-refractivity contribution is 5.95. The van der Waals surface area contributed by atoms with Gasteiger partial charge in [0.1, 0.15) is 0 Å². The number of aliphatic carboxylic acids is 1. The summed E-state index contributed by atoms with van der Waals surface area (Å²) in [6.07, 6.45) is 1.62. The van der Waals surface area contributed by atoms with Crippen LogP contribution in [0.5, 0.6) is 0 Å². The molecule has 4 rings (SSSR count). The molecule has 3 aromatic heterocycles. The lowest BCUT2D eigenvalue weighted by Crippen LogP contribution is -2.19. The number of nitrogens with one attached hydrogen (secondary N) is 1. The molecule has 1 aromatic carbocycles. The van der Waals surface area contributed by atoms with E-state index >= 15 is 0 Å². The van der Waals surface area contributed by atoms with E-state index in [9.17, 15) is 9.59 Å². The van der Waals surface area contributed by atoms with Crippen molar-refractivity contribution in [3.63, 3.8) is 0 Å². The second kappa shape index (κ2) is 5.30. The lowest BCUT2D eigenvalue weighted by atomic mass is 10.1. The van der Waals surface area contributed by atoms with Crippen molar-refractivity contribution in [1.82, 2.24) is 24.4 Å². The Hall–Kier alpha value is -3.42. The monoisotopic (exact) mass is 337 g/mol. The molecule has 3 heterocycles. The number of carboxylic acid groups (broad SMARTS) is 1. The zero-order chi connectivity index (χ0) is 17.7. The fraction of sp³-hybridized carbons (Fsp3) is 0.176. The predicted octanol–water partition coefficient (Wildman–Crippen LogP) is 1.51. The molecule has 0 aliphatic heterocycles. The number of rotatable bonds is 3. The first-order valence-electron chi connectivity index (χ1n) is 7.70. The van der Waals surface area contributed by atoms with E-state index < -0.39 is 5.97 Å². The summed E-state index contributed by atoms with van der Waals surface area (Å²) in [5.74, 6) is -0.989. The minimum Gasteiger partial charge on any atom is -0.481 e. The molecule has 0 atom stereocenters. The molecular weight excluding hydrogens is 322 g/mol. The van der Waals surface area contributed by atoms with Gasteiger partial charge in [-0.2, -0.15) is 4.52 Å². The number of carboxylic acids is 1. The molecule has 0 amide bonds. The molecule has 0 aliphatic rings. The van der Waals surface area contributed by atoms with Crippen LogP contribution in [0.4, 0.5) is 0 Å². The van der Waals surface area contributed by atoms with E-state index in [0.717, 1.165) is 10.9 Å². The summed E-state index contributed by atoms with van der Waals surface area (Å²) >= 11 is 0. The molecule has 0 fully saturated rings. The van der Waals surface area contributed by atoms with Crippen molar-refractivity contribution < 1.29 is 9.90 Å². The van der Waals surface area contributed by atoms with E-state index in [2.05, 4.69) is 15.3 Å². The lowest BCUT2D eigenvalue weighted by molar-refractivity contribution is -0.136. The number of benzene rings is 1. The van der Waals surface area contributed by atoms with E-state index in [0.29, 0.717) is 16.8 Å². The Bertz CT molecular complexity index is 1200. The number of nitrogens with zero attached hydrogens (tertiary/aromatic N) is 4. The molecule has 0 radical (unpaired) electrons. The highest BCUT2D eigenvalue weighted by Crippen LogP contribution is 2.27. The van der Waals surface area contributed by atoms with Crippen LogP contribution >= 0.6 is 0 Å². The van der Waals surface area contributed by atoms with Crippen molar-refractivity contribution in [2.24, 2.45) is 7.05 Å². The molecule has 0 saturated carbocycles. The van der Waals surface area contributed by atoms with Gasteiger partial charge in [-0.15, -0.1) is 10.2 Å². The van der Waals surface area contributed by atoms with Gasteiger partial charge in [-0.05, 0) is 13.0 Å². The minimum absolute atomic E-state index is 0.220. The quantitative estimate of drug-likeness (QED) is 0.589. The highest BCUT2D eigenvalue weighted by atomic mass is 16.4. The summed E-state index contributed by atoms with van der Waals surface area (Å²) in [4.78, 5) is 23.9. The third kappa shape index (κ3) is 2.22. The maximum absolute atomic E-state index is 12.9. The first kappa shape index (κ1) is 15.1. The molecule has 0 unspecified atom stereocenters. The van der Waals surface area contributed by atoms with Crippen LogP contribution in [0.2, 0.25) is 0 Å². The SMILES string of the molecule is Cc1[nH]n2c(=O)c(-c3cn(C)c4ccccc34)nnc2c1CC(=O)O. The smallest absolute Gasteiger partial charge is 0.308 e. The Labute approximate surface area is 141 Å². The van der Waals surface area contributed by atoms with E-state index in [1.165, 1.54) is 4.52 Å². The van der Waals surface area contributed by atoms with Crippen LogP contribution in [0.1, 0.15) is 11.3 Å². The number of hydrogen-bond acceptors (Lipinski definition) is 4. The van der Waals surface area contributed by atoms with Gasteiger partial charge in [-0.25, -0.2) is 0 Å². The Morgan fingerprint density at radius 1 is 1.28 bits per heavy atom.